The van der Waals surface area contributed by atoms with E-state index >= 15 is 0 Å². The molecule has 0 bridgehead atoms. The van der Waals surface area contributed by atoms with E-state index < -0.39 is 5.97 Å². The highest BCUT2D eigenvalue weighted by atomic mass is 16.4. The Labute approximate surface area is 141 Å². The number of carboxylic acids is 1. The van der Waals surface area contributed by atoms with Crippen molar-refractivity contribution in [2.75, 3.05) is 6.54 Å². The van der Waals surface area contributed by atoms with Crippen LogP contribution in [0.25, 0.3) is 0 Å². The van der Waals surface area contributed by atoms with E-state index in [1.165, 1.54) is 5.56 Å². The molecule has 0 saturated heterocycles. The highest BCUT2D eigenvalue weighted by Crippen LogP contribution is 2.49. The van der Waals surface area contributed by atoms with Gasteiger partial charge in [-0.05, 0) is 47.9 Å². The second kappa shape index (κ2) is 7.30. The molecular weight excluding hydrogens is 302 g/mol. The van der Waals surface area contributed by atoms with Crippen LogP contribution in [0.2, 0.25) is 0 Å². The van der Waals surface area contributed by atoms with E-state index in [1.54, 1.807) is 18.2 Å². The summed E-state index contributed by atoms with van der Waals surface area (Å²) in [7, 11) is 0. The van der Waals surface area contributed by atoms with Gasteiger partial charge in [-0.2, -0.15) is 0 Å². The Hall–Kier alpha value is -2.62. The molecule has 0 aliphatic heterocycles. The second-order valence-electron chi connectivity index (χ2n) is 6.32. The Morgan fingerprint density at radius 2 is 1.88 bits per heavy atom. The van der Waals surface area contributed by atoms with E-state index in [2.05, 4.69) is 17.4 Å². The topological polar surface area (TPSA) is 66.4 Å². The Bertz CT molecular complexity index is 727. The number of carbonyl (C=O) groups excluding carboxylic acids is 1. The Balaban J connectivity index is 1.41. The van der Waals surface area contributed by atoms with E-state index in [9.17, 15) is 9.59 Å². The Morgan fingerprint density at radius 1 is 1.08 bits per heavy atom. The minimum atomic E-state index is -0.929. The average molecular weight is 323 g/mol. The molecule has 4 heteroatoms. The molecule has 2 atom stereocenters. The van der Waals surface area contributed by atoms with Gasteiger partial charge < -0.3 is 10.4 Å². The lowest BCUT2D eigenvalue weighted by molar-refractivity contribution is -0.121. The predicted octanol–water partition coefficient (Wildman–Crippen LogP) is 3.24. The summed E-state index contributed by atoms with van der Waals surface area (Å²) in [6.07, 6.45) is 2.28. The monoisotopic (exact) mass is 323 g/mol. The van der Waals surface area contributed by atoms with Crippen molar-refractivity contribution in [1.29, 1.82) is 0 Å². The van der Waals surface area contributed by atoms with Crippen molar-refractivity contribution in [2.45, 2.75) is 25.2 Å². The van der Waals surface area contributed by atoms with E-state index in [-0.39, 0.29) is 11.5 Å². The van der Waals surface area contributed by atoms with E-state index in [1.807, 2.05) is 24.3 Å². The Kier molecular flexibility index (Phi) is 4.94. The zero-order chi connectivity index (χ0) is 16.9. The van der Waals surface area contributed by atoms with Crippen LogP contribution in [0.3, 0.4) is 0 Å². The maximum atomic E-state index is 12.0. The van der Waals surface area contributed by atoms with Crippen molar-refractivity contribution in [3.05, 3.63) is 71.3 Å². The minimum Gasteiger partial charge on any atom is -0.478 e. The fraction of sp³-hybridized carbons (Fsp3) is 0.300. The Morgan fingerprint density at radius 3 is 2.62 bits per heavy atom. The molecular formula is C20H21NO3. The molecule has 1 aliphatic carbocycles. The van der Waals surface area contributed by atoms with Crippen LogP contribution < -0.4 is 5.32 Å². The summed E-state index contributed by atoms with van der Waals surface area (Å²) in [6.45, 7) is 0.532. The van der Waals surface area contributed by atoms with E-state index in [0.717, 1.165) is 12.0 Å². The lowest BCUT2D eigenvalue weighted by atomic mass is 10.1. The third-order valence-corrected chi connectivity index (χ3v) is 4.51. The highest BCUT2D eigenvalue weighted by Gasteiger charge is 2.39. The van der Waals surface area contributed by atoms with Gasteiger partial charge in [0.05, 0.1) is 5.56 Å². The van der Waals surface area contributed by atoms with Crippen LogP contribution in [-0.2, 0) is 11.2 Å². The zero-order valence-corrected chi connectivity index (χ0v) is 13.4. The number of hydrogen-bond acceptors (Lipinski definition) is 2. The van der Waals surface area contributed by atoms with Crippen LogP contribution in [0.5, 0.6) is 0 Å². The van der Waals surface area contributed by atoms with Gasteiger partial charge in [0, 0.05) is 13.0 Å². The van der Waals surface area contributed by atoms with Crippen LogP contribution in [0.4, 0.5) is 0 Å². The number of hydrogen-bond donors (Lipinski definition) is 2. The smallest absolute Gasteiger partial charge is 0.335 e. The number of carbonyl (C=O) groups is 2. The first-order valence-electron chi connectivity index (χ1n) is 8.27. The molecule has 1 aliphatic rings. The van der Waals surface area contributed by atoms with Crippen molar-refractivity contribution in [3.63, 3.8) is 0 Å². The first-order chi connectivity index (χ1) is 11.6. The first-order valence-corrected chi connectivity index (χ1v) is 8.27. The third kappa shape index (κ3) is 4.22. The maximum absolute atomic E-state index is 12.0. The lowest BCUT2D eigenvalue weighted by Crippen LogP contribution is -2.26. The van der Waals surface area contributed by atoms with E-state index in [4.69, 9.17) is 5.11 Å². The second-order valence-corrected chi connectivity index (χ2v) is 6.32. The number of benzene rings is 2. The predicted molar refractivity (Wildman–Crippen MR) is 92.0 cm³/mol. The van der Waals surface area contributed by atoms with Crippen LogP contribution in [0.15, 0.2) is 54.6 Å². The molecule has 2 N–H and O–H groups in total. The average Bonchev–Trinajstić information content (AvgIpc) is 3.35. The molecule has 0 heterocycles. The summed E-state index contributed by atoms with van der Waals surface area (Å²) < 4.78 is 0. The summed E-state index contributed by atoms with van der Waals surface area (Å²) in [5.74, 6) is 0.112. The molecule has 1 amide bonds. The molecule has 124 valence electrons. The van der Waals surface area contributed by atoms with Crippen molar-refractivity contribution in [1.82, 2.24) is 5.32 Å². The van der Waals surface area contributed by atoms with Crippen molar-refractivity contribution in [3.8, 4) is 0 Å². The maximum Gasteiger partial charge on any atom is 0.335 e. The van der Waals surface area contributed by atoms with Gasteiger partial charge in [0.2, 0.25) is 5.91 Å². The van der Waals surface area contributed by atoms with Crippen LogP contribution in [0.1, 0.15) is 40.2 Å². The molecule has 4 nitrogen and oxygen atoms in total. The molecule has 2 aromatic carbocycles. The first kappa shape index (κ1) is 16.2. The summed E-state index contributed by atoms with van der Waals surface area (Å²) >= 11 is 0. The van der Waals surface area contributed by atoms with Gasteiger partial charge in [-0.3, -0.25) is 4.79 Å². The van der Waals surface area contributed by atoms with Crippen molar-refractivity contribution < 1.29 is 14.7 Å². The fourth-order valence-corrected chi connectivity index (χ4v) is 3.10. The number of carboxylic acid groups (broad SMARTS) is 1. The van der Waals surface area contributed by atoms with Crippen molar-refractivity contribution >= 4 is 11.9 Å². The number of aromatic carboxylic acids is 1. The number of nitrogens with one attached hydrogen (secondary N) is 1. The van der Waals surface area contributed by atoms with Crippen LogP contribution >= 0.6 is 0 Å². The summed E-state index contributed by atoms with van der Waals surface area (Å²) in [4.78, 5) is 23.0. The highest BCUT2D eigenvalue weighted by molar-refractivity contribution is 5.87. The zero-order valence-electron chi connectivity index (χ0n) is 13.4. The summed E-state index contributed by atoms with van der Waals surface area (Å²) in [5, 5.41) is 11.9. The SMILES string of the molecule is O=C(C[C@@H]1C[C@H]1c1ccccc1)NCCc1cccc(C(=O)O)c1. The lowest BCUT2D eigenvalue weighted by Gasteiger charge is -2.06. The van der Waals surface area contributed by atoms with Gasteiger partial charge in [0.25, 0.3) is 0 Å². The third-order valence-electron chi connectivity index (χ3n) is 4.51. The summed E-state index contributed by atoms with van der Waals surface area (Å²) in [5.41, 5.74) is 2.52. The quantitative estimate of drug-likeness (QED) is 0.822. The van der Waals surface area contributed by atoms with Crippen LogP contribution in [-0.4, -0.2) is 23.5 Å². The van der Waals surface area contributed by atoms with Gasteiger partial charge in [-0.25, -0.2) is 4.79 Å². The molecule has 24 heavy (non-hydrogen) atoms. The van der Waals surface area contributed by atoms with Crippen LogP contribution in [0, 0.1) is 5.92 Å². The molecule has 0 radical (unpaired) electrons. The molecule has 1 saturated carbocycles. The van der Waals surface area contributed by atoms with Gasteiger partial charge in [-0.1, -0.05) is 42.5 Å². The largest absolute Gasteiger partial charge is 0.478 e. The number of rotatable bonds is 7. The standard InChI is InChI=1S/C20H21NO3/c22-19(13-17-12-18(17)15-6-2-1-3-7-15)21-10-9-14-5-4-8-16(11-14)20(23)24/h1-8,11,17-18H,9-10,12-13H2,(H,21,22)(H,23,24)/t17-,18-/m0/s1. The normalized spacial score (nSPS) is 18.8. The molecule has 0 unspecified atom stereocenters. The molecule has 0 spiro atoms. The molecule has 1 fully saturated rings. The number of amides is 1. The fourth-order valence-electron chi connectivity index (χ4n) is 3.10. The summed E-state index contributed by atoms with van der Waals surface area (Å²) in [6, 6.07) is 17.2. The van der Waals surface area contributed by atoms with Gasteiger partial charge >= 0.3 is 5.97 Å². The van der Waals surface area contributed by atoms with Gasteiger partial charge in [-0.15, -0.1) is 0 Å². The van der Waals surface area contributed by atoms with Gasteiger partial charge in [0.1, 0.15) is 0 Å². The van der Waals surface area contributed by atoms with Crippen molar-refractivity contribution in [2.24, 2.45) is 5.92 Å². The van der Waals surface area contributed by atoms with Gasteiger partial charge in [0.15, 0.2) is 0 Å². The molecule has 0 aromatic heterocycles. The molecule has 2 aromatic rings. The van der Waals surface area contributed by atoms with E-state index in [0.29, 0.717) is 31.2 Å². The molecule has 3 rings (SSSR count). The minimum absolute atomic E-state index is 0.0767.